The molecule has 0 bridgehead atoms. The van der Waals surface area contributed by atoms with Gasteiger partial charge in [0.15, 0.2) is 0 Å². The van der Waals surface area contributed by atoms with E-state index >= 15 is 0 Å². The van der Waals surface area contributed by atoms with Gasteiger partial charge in [0.25, 0.3) is 0 Å². The number of nitrogens with one attached hydrogen (secondary N) is 2. The number of carbonyl (C=O) groups is 1. The maximum Gasteiger partial charge on any atom is 0.231 e. The van der Waals surface area contributed by atoms with Gasteiger partial charge in [0.1, 0.15) is 5.82 Å². The van der Waals surface area contributed by atoms with Crippen molar-refractivity contribution >= 4 is 11.7 Å². The number of ether oxygens (including phenoxy) is 1. The number of aromatic amines is 1. The highest BCUT2D eigenvalue weighted by Gasteiger charge is 2.41. The molecule has 5 heteroatoms. The summed E-state index contributed by atoms with van der Waals surface area (Å²) in [4.78, 5) is 12.2. The van der Waals surface area contributed by atoms with Crippen LogP contribution in [0.25, 0.3) is 0 Å². The van der Waals surface area contributed by atoms with E-state index in [1.54, 1.807) is 6.20 Å². The van der Waals surface area contributed by atoms with Crippen LogP contribution in [0, 0.1) is 18.8 Å². The number of carbonyl (C=O) groups excluding carboxylic acids is 1. The minimum atomic E-state index is -0.104. The van der Waals surface area contributed by atoms with Gasteiger partial charge in [0, 0.05) is 5.56 Å². The maximum absolute atomic E-state index is 12.2. The molecule has 2 heterocycles. The van der Waals surface area contributed by atoms with E-state index in [0.717, 1.165) is 5.56 Å². The summed E-state index contributed by atoms with van der Waals surface area (Å²) in [5, 5.41) is 9.54. The van der Waals surface area contributed by atoms with E-state index in [1.165, 1.54) is 0 Å². The number of rotatable bonds is 2. The predicted molar refractivity (Wildman–Crippen MR) is 64.6 cm³/mol. The van der Waals surface area contributed by atoms with Gasteiger partial charge < -0.3 is 10.1 Å². The zero-order chi connectivity index (χ0) is 12.6. The Hall–Kier alpha value is -1.36. The molecule has 1 aliphatic heterocycles. The molecule has 1 amide bonds. The third-order valence-corrected chi connectivity index (χ3v) is 3.62. The summed E-state index contributed by atoms with van der Waals surface area (Å²) >= 11 is 0. The van der Waals surface area contributed by atoms with Crippen molar-refractivity contribution in [2.45, 2.75) is 39.9 Å². The van der Waals surface area contributed by atoms with Crippen LogP contribution in [0.4, 0.5) is 5.82 Å². The number of anilines is 1. The van der Waals surface area contributed by atoms with Crippen molar-refractivity contribution in [1.82, 2.24) is 10.2 Å². The van der Waals surface area contributed by atoms with Crippen LogP contribution < -0.4 is 5.32 Å². The molecular formula is C12H19N3O2. The van der Waals surface area contributed by atoms with Crippen LogP contribution in [0.1, 0.15) is 26.3 Å². The van der Waals surface area contributed by atoms with Crippen molar-refractivity contribution in [1.29, 1.82) is 0 Å². The molecule has 2 N–H and O–H groups in total. The molecular weight excluding hydrogens is 218 g/mol. The molecule has 94 valence electrons. The summed E-state index contributed by atoms with van der Waals surface area (Å²) in [6.45, 7) is 7.91. The van der Waals surface area contributed by atoms with Gasteiger partial charge >= 0.3 is 0 Å². The van der Waals surface area contributed by atoms with Crippen LogP contribution in [0.2, 0.25) is 0 Å². The molecule has 1 aromatic heterocycles. The first kappa shape index (κ1) is 12.1. The van der Waals surface area contributed by atoms with Gasteiger partial charge in [-0.05, 0) is 26.7 Å². The molecule has 0 aliphatic carbocycles. The van der Waals surface area contributed by atoms with Crippen molar-refractivity contribution < 1.29 is 9.53 Å². The highest BCUT2D eigenvalue weighted by molar-refractivity contribution is 5.93. The van der Waals surface area contributed by atoms with E-state index in [4.69, 9.17) is 4.74 Å². The normalized spacial score (nSPS) is 32.7. The van der Waals surface area contributed by atoms with Crippen LogP contribution in [0.15, 0.2) is 6.20 Å². The SMILES string of the molecule is Cc1cn[nH]c1NC(=O)C1C(C)OC(C)C1C. The standard InChI is InChI=1S/C12H19N3O2/c1-6-5-13-15-11(6)14-12(16)10-7(2)8(3)17-9(10)4/h5,7-10H,1-4H3,(H2,13,14,15,16). The van der Waals surface area contributed by atoms with Crippen molar-refractivity contribution in [3.63, 3.8) is 0 Å². The number of H-pyrrole nitrogens is 1. The van der Waals surface area contributed by atoms with Crippen molar-refractivity contribution in [2.24, 2.45) is 11.8 Å². The second-order valence-corrected chi connectivity index (χ2v) is 4.85. The van der Waals surface area contributed by atoms with Gasteiger partial charge in [-0.1, -0.05) is 6.92 Å². The average molecular weight is 237 g/mol. The van der Waals surface area contributed by atoms with Gasteiger partial charge in [-0.15, -0.1) is 0 Å². The Bertz CT molecular complexity index is 416. The number of aromatic nitrogens is 2. The Morgan fingerprint density at radius 2 is 2.12 bits per heavy atom. The van der Waals surface area contributed by atoms with Crippen LogP contribution in [0.5, 0.6) is 0 Å². The van der Waals surface area contributed by atoms with Crippen LogP contribution >= 0.6 is 0 Å². The van der Waals surface area contributed by atoms with E-state index in [2.05, 4.69) is 22.4 Å². The third kappa shape index (κ3) is 2.20. The zero-order valence-electron chi connectivity index (χ0n) is 10.7. The smallest absolute Gasteiger partial charge is 0.231 e. The maximum atomic E-state index is 12.2. The quantitative estimate of drug-likeness (QED) is 0.823. The Morgan fingerprint density at radius 1 is 1.41 bits per heavy atom. The molecule has 0 saturated carbocycles. The Morgan fingerprint density at radius 3 is 2.59 bits per heavy atom. The van der Waals surface area contributed by atoms with E-state index in [1.807, 2.05) is 20.8 Å². The summed E-state index contributed by atoms with van der Waals surface area (Å²) in [5.41, 5.74) is 0.936. The minimum absolute atomic E-state index is 0.00157. The van der Waals surface area contributed by atoms with Crippen molar-refractivity contribution in [3.8, 4) is 0 Å². The second kappa shape index (κ2) is 4.49. The lowest BCUT2D eigenvalue weighted by Crippen LogP contribution is -2.32. The minimum Gasteiger partial charge on any atom is -0.374 e. The number of amides is 1. The summed E-state index contributed by atoms with van der Waals surface area (Å²) in [7, 11) is 0. The van der Waals surface area contributed by atoms with Gasteiger partial charge in [-0.3, -0.25) is 9.89 Å². The van der Waals surface area contributed by atoms with E-state index in [0.29, 0.717) is 5.82 Å². The first-order valence-corrected chi connectivity index (χ1v) is 5.97. The van der Waals surface area contributed by atoms with Crippen LogP contribution in [-0.4, -0.2) is 28.3 Å². The molecule has 0 radical (unpaired) electrons. The predicted octanol–water partition coefficient (Wildman–Crippen LogP) is 1.72. The molecule has 5 nitrogen and oxygen atoms in total. The fourth-order valence-electron chi connectivity index (χ4n) is 2.40. The van der Waals surface area contributed by atoms with E-state index in [-0.39, 0.29) is 30.0 Å². The summed E-state index contributed by atoms with van der Waals surface area (Å²) in [6, 6.07) is 0. The summed E-state index contributed by atoms with van der Waals surface area (Å²) in [5.74, 6) is 0.802. The van der Waals surface area contributed by atoms with Gasteiger partial charge in [0.05, 0.1) is 24.3 Å². The molecule has 4 unspecified atom stereocenters. The number of hydrogen-bond donors (Lipinski definition) is 2. The van der Waals surface area contributed by atoms with Crippen LogP contribution in [0.3, 0.4) is 0 Å². The lowest BCUT2D eigenvalue weighted by molar-refractivity contribution is -0.122. The first-order valence-electron chi connectivity index (χ1n) is 5.97. The van der Waals surface area contributed by atoms with Crippen LogP contribution in [-0.2, 0) is 9.53 Å². The van der Waals surface area contributed by atoms with Gasteiger partial charge in [0.2, 0.25) is 5.91 Å². The molecule has 1 aromatic rings. The molecule has 4 atom stereocenters. The highest BCUT2D eigenvalue weighted by Crippen LogP contribution is 2.32. The Kier molecular flexibility index (Phi) is 3.19. The van der Waals surface area contributed by atoms with E-state index < -0.39 is 0 Å². The highest BCUT2D eigenvalue weighted by atomic mass is 16.5. The molecule has 1 saturated heterocycles. The number of aryl methyl sites for hydroxylation is 1. The number of nitrogens with zero attached hydrogens (tertiary/aromatic N) is 1. The molecule has 1 aliphatic rings. The second-order valence-electron chi connectivity index (χ2n) is 4.85. The molecule has 17 heavy (non-hydrogen) atoms. The molecule has 0 spiro atoms. The molecule has 1 fully saturated rings. The van der Waals surface area contributed by atoms with Crippen molar-refractivity contribution in [3.05, 3.63) is 11.8 Å². The monoisotopic (exact) mass is 237 g/mol. The molecule has 2 rings (SSSR count). The summed E-state index contributed by atoms with van der Waals surface area (Å²) < 4.78 is 5.67. The zero-order valence-corrected chi connectivity index (χ0v) is 10.7. The van der Waals surface area contributed by atoms with Gasteiger partial charge in [-0.2, -0.15) is 5.10 Å². The third-order valence-electron chi connectivity index (χ3n) is 3.62. The average Bonchev–Trinajstić information content (AvgIpc) is 2.74. The lowest BCUT2D eigenvalue weighted by atomic mass is 9.89. The largest absolute Gasteiger partial charge is 0.374 e. The number of hydrogen-bond acceptors (Lipinski definition) is 3. The van der Waals surface area contributed by atoms with Gasteiger partial charge in [-0.25, -0.2) is 0 Å². The molecule has 0 aromatic carbocycles. The fourth-order valence-corrected chi connectivity index (χ4v) is 2.40. The topological polar surface area (TPSA) is 67.0 Å². The van der Waals surface area contributed by atoms with E-state index in [9.17, 15) is 4.79 Å². The fraction of sp³-hybridized carbons (Fsp3) is 0.667. The summed E-state index contributed by atoms with van der Waals surface area (Å²) in [6.07, 6.45) is 1.78. The lowest BCUT2D eigenvalue weighted by Gasteiger charge is -2.17. The van der Waals surface area contributed by atoms with Crippen molar-refractivity contribution in [2.75, 3.05) is 5.32 Å². The first-order chi connectivity index (χ1) is 8.00. The Labute approximate surface area is 101 Å². The Balaban J connectivity index is 2.08.